The number of rotatable bonds is 11. The minimum Gasteiger partial charge on any atom is -1.00 e. The number of hydrogen-bond donors (Lipinski definition) is 3. The second-order valence-electron chi connectivity index (χ2n) is 18.4. The second-order valence-corrected chi connectivity index (χ2v) is 18.4. The number of carbonyl (C=O) groups is 3. The fourth-order valence-electron chi connectivity index (χ4n) is 10.8. The van der Waals surface area contributed by atoms with E-state index in [4.69, 9.17) is 0 Å². The number of benzene rings is 4. The van der Waals surface area contributed by atoms with Crippen LogP contribution in [0, 0.1) is 11.6 Å². The summed E-state index contributed by atoms with van der Waals surface area (Å²) < 4.78 is 26.1. The number of nitrogens with zero attached hydrogens (tertiary/aromatic N) is 4. The van der Waals surface area contributed by atoms with E-state index in [-0.39, 0.29) is 56.8 Å². The van der Waals surface area contributed by atoms with E-state index in [0.717, 1.165) is 77.1 Å². The molecule has 0 aromatic heterocycles. The zero-order chi connectivity index (χ0) is 46.0. The van der Waals surface area contributed by atoms with Crippen LogP contribution in [0.3, 0.4) is 0 Å². The summed E-state index contributed by atoms with van der Waals surface area (Å²) in [4.78, 5) is 46.4. The van der Waals surface area contributed by atoms with Crippen molar-refractivity contribution in [3.8, 4) is 0 Å². The maximum Gasteiger partial charge on any atom is 1.00 e. The number of Topliss-reactive ketones (excluding diaryl/α,β-unsaturated/α-hetero) is 3. The Labute approximate surface area is 422 Å². The summed E-state index contributed by atoms with van der Waals surface area (Å²) in [5, 5.41) is 16.1. The SMILES string of the molecule is CCNC.CNC.O=C1Cc2cccc3c2N(C1)[C@H]1CCN(CCCC(=O)c2ccc(F)cc2)C[C@@H]31.O=C1Cc2cccc3c2N(C1)[C@H]1CCN(CCCC(O)c2ccc(F)cc2)C[C@@H]31.[B].[H-].[Na+]. The minimum atomic E-state index is -0.543. The van der Waals surface area contributed by atoms with Gasteiger partial charge in [-0.2, -0.15) is 0 Å². The monoisotopic (exact) mass is 926 g/mol. The first-order valence-electron chi connectivity index (χ1n) is 23.7. The number of piperidine rings is 2. The number of fused-ring (bicyclic) bond motifs is 6. The molecule has 10 nitrogen and oxygen atoms in total. The Bertz CT molecular complexity index is 2260. The molecule has 14 heteroatoms. The van der Waals surface area contributed by atoms with E-state index in [9.17, 15) is 28.3 Å². The average Bonchev–Trinajstić information content (AvgIpc) is 3.79. The quantitative estimate of drug-likeness (QED) is 0.152. The molecule has 6 aliphatic rings. The third kappa shape index (κ3) is 13.1. The van der Waals surface area contributed by atoms with Gasteiger partial charge in [-0.3, -0.25) is 14.4 Å². The fourth-order valence-corrected chi connectivity index (χ4v) is 10.8. The van der Waals surface area contributed by atoms with Crippen molar-refractivity contribution in [2.45, 2.75) is 88.3 Å². The maximum absolute atomic E-state index is 13.1. The topological polar surface area (TPSA) is 108 Å². The first-order chi connectivity index (χ1) is 31.5. The number of likely N-dealkylation sites (tertiary alicyclic amines) is 2. The number of anilines is 2. The van der Waals surface area contributed by atoms with Crippen LogP contribution in [0.15, 0.2) is 84.9 Å². The Morgan fingerprint density at radius 3 is 1.64 bits per heavy atom. The number of nitrogens with one attached hydrogen (secondary N) is 2. The molecule has 2 fully saturated rings. The third-order valence-electron chi connectivity index (χ3n) is 13.9. The van der Waals surface area contributed by atoms with Gasteiger partial charge in [0.2, 0.25) is 0 Å². The van der Waals surface area contributed by atoms with Gasteiger partial charge in [0, 0.05) is 94.7 Å². The molecule has 6 aliphatic heterocycles. The van der Waals surface area contributed by atoms with Gasteiger partial charge < -0.3 is 36.8 Å². The number of carbonyl (C=O) groups excluding carboxylic acids is 3. The summed E-state index contributed by atoms with van der Waals surface area (Å²) in [6.45, 7) is 10.1. The zero-order valence-electron chi connectivity index (χ0n) is 41.3. The van der Waals surface area contributed by atoms with Crippen LogP contribution in [-0.4, -0.2) is 133 Å². The van der Waals surface area contributed by atoms with Crippen LogP contribution in [0.5, 0.6) is 0 Å². The smallest absolute Gasteiger partial charge is 1.00 e. The van der Waals surface area contributed by atoms with E-state index in [0.29, 0.717) is 79.8 Å². The van der Waals surface area contributed by atoms with Crippen LogP contribution >= 0.6 is 0 Å². The second kappa shape index (κ2) is 25.7. The van der Waals surface area contributed by atoms with Crippen LogP contribution in [0.1, 0.15) is 103 Å². The molecule has 4 aromatic carbocycles. The summed E-state index contributed by atoms with van der Waals surface area (Å²) in [6, 6.07) is 25.7. The van der Waals surface area contributed by atoms with Gasteiger partial charge in [0.05, 0.1) is 19.2 Å². The number of aliphatic hydroxyl groups is 1. The van der Waals surface area contributed by atoms with Crippen molar-refractivity contribution < 1.29 is 59.3 Å². The van der Waals surface area contributed by atoms with Crippen LogP contribution < -0.4 is 50.0 Å². The van der Waals surface area contributed by atoms with Crippen LogP contribution in [0.25, 0.3) is 0 Å². The summed E-state index contributed by atoms with van der Waals surface area (Å²) in [5.41, 5.74) is 9.20. The van der Waals surface area contributed by atoms with Crippen LogP contribution in [0.2, 0.25) is 0 Å². The Morgan fingerprint density at radius 1 is 0.731 bits per heavy atom. The normalized spacial score (nSPS) is 21.2. The molecule has 0 spiro atoms. The number of halogens is 2. The molecule has 0 amide bonds. The number of ketones is 3. The van der Waals surface area contributed by atoms with Crippen molar-refractivity contribution in [1.29, 1.82) is 0 Å². The summed E-state index contributed by atoms with van der Waals surface area (Å²) >= 11 is 0. The Morgan fingerprint density at radius 2 is 1.18 bits per heavy atom. The van der Waals surface area contributed by atoms with E-state index in [1.165, 1.54) is 57.9 Å². The third-order valence-corrected chi connectivity index (χ3v) is 13.9. The van der Waals surface area contributed by atoms with Gasteiger partial charge in [-0.05, 0) is 137 Å². The molecule has 3 N–H and O–H groups in total. The van der Waals surface area contributed by atoms with Gasteiger partial charge in [0.25, 0.3) is 0 Å². The number of hydrogen-bond acceptors (Lipinski definition) is 10. The van der Waals surface area contributed by atoms with Crippen molar-refractivity contribution in [2.24, 2.45) is 0 Å². The van der Waals surface area contributed by atoms with Gasteiger partial charge in [-0.1, -0.05) is 55.5 Å². The van der Waals surface area contributed by atoms with E-state index < -0.39 is 6.10 Å². The molecule has 4 aromatic rings. The molecule has 67 heavy (non-hydrogen) atoms. The van der Waals surface area contributed by atoms with Crippen molar-refractivity contribution >= 4 is 37.1 Å². The van der Waals surface area contributed by atoms with Crippen molar-refractivity contribution in [3.63, 3.8) is 0 Å². The summed E-state index contributed by atoms with van der Waals surface area (Å²) in [5.74, 6) is 1.03. The predicted octanol–water partition coefficient (Wildman–Crippen LogP) is 3.83. The largest absolute Gasteiger partial charge is 1.00 e. The summed E-state index contributed by atoms with van der Waals surface area (Å²) in [7, 11) is 5.68. The maximum atomic E-state index is 13.1. The Balaban J connectivity index is 0.000000251. The van der Waals surface area contributed by atoms with Crippen molar-refractivity contribution in [2.75, 3.05) is 89.8 Å². The first kappa shape index (κ1) is 54.2. The predicted molar refractivity (Wildman–Crippen MR) is 262 cm³/mol. The van der Waals surface area contributed by atoms with Crippen LogP contribution in [0.4, 0.5) is 20.2 Å². The van der Waals surface area contributed by atoms with Gasteiger partial charge in [0.15, 0.2) is 17.3 Å². The number of para-hydroxylation sites is 2. The van der Waals surface area contributed by atoms with Gasteiger partial charge >= 0.3 is 29.6 Å². The van der Waals surface area contributed by atoms with E-state index in [1.807, 2.05) is 21.1 Å². The Hall–Kier alpha value is -3.79. The molecule has 353 valence electrons. The molecule has 5 atom stereocenters. The van der Waals surface area contributed by atoms with Crippen LogP contribution in [-0.2, 0) is 22.4 Å². The van der Waals surface area contributed by atoms with E-state index in [1.54, 1.807) is 24.3 Å². The van der Waals surface area contributed by atoms with Gasteiger partial charge in [-0.25, -0.2) is 8.78 Å². The van der Waals surface area contributed by atoms with E-state index >= 15 is 0 Å². The molecule has 2 saturated heterocycles. The molecule has 0 bridgehead atoms. The standard InChI is InChI=1S/C24H27FN2O2.C24H25FN2O2.C3H9N.C2H7N.B.Na.H/c2*25-18-8-6-16(7-9-18)23(29)5-2-11-26-12-10-22-21(15-26)20-4-1-3-17-13-19(28)14-27(22)24(17)20;1-3-4-2;1-3-2;;;/h1,3-4,6-9,21-23,29H,2,5,10-15H2;1,3-4,6-9,21-22H,2,5,10-15H2;4H,3H2,1-2H3;3H,1-2H3;;;/q;;;;;+1;-1/t21-,22-,23?;21-,22-;;;;;/m00...../s1. The molecular formula is C53H69BF2N6NaO4. The Kier molecular flexibility index (Phi) is 20.8. The molecule has 1 unspecified atom stereocenters. The zero-order valence-corrected chi connectivity index (χ0v) is 42.3. The number of aliphatic hydroxyl groups excluding tert-OH is 1. The molecule has 10 rings (SSSR count). The van der Waals surface area contributed by atoms with Gasteiger partial charge in [0.1, 0.15) is 11.6 Å². The van der Waals surface area contributed by atoms with Crippen molar-refractivity contribution in [1.82, 2.24) is 20.4 Å². The first-order valence-corrected chi connectivity index (χ1v) is 23.7. The molecule has 3 radical (unpaired) electrons. The average molecular weight is 926 g/mol. The van der Waals surface area contributed by atoms with Gasteiger partial charge in [-0.15, -0.1) is 0 Å². The molecular weight excluding hydrogens is 856 g/mol. The molecule has 0 aliphatic carbocycles. The van der Waals surface area contributed by atoms with E-state index in [2.05, 4.69) is 73.6 Å². The molecule has 6 heterocycles. The molecule has 0 saturated carbocycles. The minimum absolute atomic E-state index is 0. The fraction of sp³-hybridized carbons (Fsp3) is 0.491. The summed E-state index contributed by atoms with van der Waals surface area (Å²) in [6.07, 6.45) is 5.60. The van der Waals surface area contributed by atoms with Crippen molar-refractivity contribution in [3.05, 3.63) is 130 Å².